The van der Waals surface area contributed by atoms with Gasteiger partial charge in [-0.1, -0.05) is 12.1 Å². The van der Waals surface area contributed by atoms with Crippen LogP contribution in [0.15, 0.2) is 46.3 Å². The first-order valence-electron chi connectivity index (χ1n) is 8.42. The number of hydrogen-bond donors (Lipinski definition) is 0. The zero-order chi connectivity index (χ0) is 20.5. The minimum atomic E-state index is -3.27. The molecular formula is C18H19N3O5S2. The van der Waals surface area contributed by atoms with Gasteiger partial charge < -0.3 is 4.74 Å². The SMILES string of the molecule is CCOC(=O)c1sc(-n2cnn(Cc3ccc(S(C)(=O)=O)cc3)c2=O)cc1C. The Morgan fingerprint density at radius 3 is 2.54 bits per heavy atom. The van der Waals surface area contributed by atoms with Gasteiger partial charge in [0.05, 0.1) is 18.0 Å². The third kappa shape index (κ3) is 4.07. The van der Waals surface area contributed by atoms with Gasteiger partial charge in [-0.2, -0.15) is 5.10 Å². The molecule has 148 valence electrons. The molecule has 0 saturated heterocycles. The van der Waals surface area contributed by atoms with Crippen molar-refractivity contribution in [2.75, 3.05) is 12.9 Å². The first-order chi connectivity index (χ1) is 13.2. The van der Waals surface area contributed by atoms with Crippen LogP contribution in [0.25, 0.3) is 5.00 Å². The highest BCUT2D eigenvalue weighted by atomic mass is 32.2. The lowest BCUT2D eigenvalue weighted by atomic mass is 10.2. The van der Waals surface area contributed by atoms with Crippen LogP contribution in [0.2, 0.25) is 0 Å². The Labute approximate surface area is 165 Å². The summed E-state index contributed by atoms with van der Waals surface area (Å²) in [4.78, 5) is 25.3. The number of nitrogens with zero attached hydrogens (tertiary/aromatic N) is 3. The van der Waals surface area contributed by atoms with Gasteiger partial charge >= 0.3 is 11.7 Å². The summed E-state index contributed by atoms with van der Waals surface area (Å²) in [5.41, 5.74) is 1.12. The van der Waals surface area contributed by atoms with E-state index in [4.69, 9.17) is 4.74 Å². The second-order valence-corrected chi connectivity index (χ2v) is 9.22. The molecule has 0 N–H and O–H groups in total. The van der Waals surface area contributed by atoms with Crippen molar-refractivity contribution in [3.8, 4) is 5.00 Å². The van der Waals surface area contributed by atoms with Gasteiger partial charge in [0, 0.05) is 6.26 Å². The summed E-state index contributed by atoms with van der Waals surface area (Å²) in [7, 11) is -3.27. The number of aryl methyl sites for hydroxylation is 1. The van der Waals surface area contributed by atoms with Gasteiger partial charge in [0.15, 0.2) is 9.84 Å². The van der Waals surface area contributed by atoms with Crippen LogP contribution in [0.3, 0.4) is 0 Å². The van der Waals surface area contributed by atoms with E-state index in [2.05, 4.69) is 5.10 Å². The van der Waals surface area contributed by atoms with E-state index in [1.54, 1.807) is 32.0 Å². The van der Waals surface area contributed by atoms with Gasteiger partial charge in [-0.3, -0.25) is 0 Å². The first-order valence-corrected chi connectivity index (χ1v) is 11.1. The minimum Gasteiger partial charge on any atom is -0.462 e. The van der Waals surface area contributed by atoms with E-state index < -0.39 is 15.8 Å². The van der Waals surface area contributed by atoms with Crippen molar-refractivity contribution in [1.29, 1.82) is 0 Å². The smallest absolute Gasteiger partial charge is 0.351 e. The molecule has 0 aliphatic rings. The van der Waals surface area contributed by atoms with Crippen LogP contribution >= 0.6 is 11.3 Å². The maximum absolute atomic E-state index is 12.7. The number of carbonyl (C=O) groups excluding carboxylic acids is 1. The van der Waals surface area contributed by atoms with Crippen molar-refractivity contribution in [2.24, 2.45) is 0 Å². The van der Waals surface area contributed by atoms with Gasteiger partial charge in [0.25, 0.3) is 0 Å². The number of carbonyl (C=O) groups is 1. The molecule has 28 heavy (non-hydrogen) atoms. The number of sulfone groups is 1. The lowest BCUT2D eigenvalue weighted by molar-refractivity contribution is 0.0531. The van der Waals surface area contributed by atoms with Crippen LogP contribution in [-0.4, -0.2) is 41.6 Å². The molecule has 2 aromatic heterocycles. The van der Waals surface area contributed by atoms with Gasteiger partial charge in [0.2, 0.25) is 0 Å². The Hall–Kier alpha value is -2.72. The molecule has 0 aliphatic heterocycles. The predicted octanol–water partition coefficient (Wildman–Crippen LogP) is 2.03. The van der Waals surface area contributed by atoms with Crippen molar-refractivity contribution in [3.63, 3.8) is 0 Å². The van der Waals surface area contributed by atoms with Gasteiger partial charge in [-0.05, 0) is 43.2 Å². The fourth-order valence-corrected chi connectivity index (χ4v) is 4.26. The zero-order valence-corrected chi connectivity index (χ0v) is 17.2. The molecule has 0 aliphatic carbocycles. The summed E-state index contributed by atoms with van der Waals surface area (Å²) in [5, 5.41) is 4.69. The number of aromatic nitrogens is 3. The standard InChI is InChI=1S/C18H19N3O5S2/c1-4-26-17(22)16-12(2)9-15(27-16)20-11-19-21(18(20)23)10-13-5-7-14(8-6-13)28(3,24)25/h5-9,11H,4,10H2,1-3H3. The third-order valence-electron chi connectivity index (χ3n) is 4.02. The predicted molar refractivity (Wildman–Crippen MR) is 105 cm³/mol. The number of benzene rings is 1. The van der Waals surface area contributed by atoms with E-state index in [1.807, 2.05) is 0 Å². The Morgan fingerprint density at radius 2 is 1.93 bits per heavy atom. The monoisotopic (exact) mass is 421 g/mol. The van der Waals surface area contributed by atoms with Gasteiger partial charge in [-0.15, -0.1) is 11.3 Å². The highest BCUT2D eigenvalue weighted by Gasteiger charge is 2.17. The van der Waals surface area contributed by atoms with Crippen molar-refractivity contribution in [1.82, 2.24) is 14.3 Å². The average Bonchev–Trinajstić information content (AvgIpc) is 3.18. The van der Waals surface area contributed by atoms with E-state index in [9.17, 15) is 18.0 Å². The average molecular weight is 422 g/mol. The number of ether oxygens (including phenoxy) is 1. The highest BCUT2D eigenvalue weighted by molar-refractivity contribution is 7.90. The van der Waals surface area contributed by atoms with Crippen LogP contribution in [0.5, 0.6) is 0 Å². The third-order valence-corrected chi connectivity index (χ3v) is 6.37. The summed E-state index contributed by atoms with van der Waals surface area (Å²) in [6.45, 7) is 4.00. The molecule has 0 atom stereocenters. The minimum absolute atomic E-state index is 0.199. The van der Waals surface area contributed by atoms with E-state index >= 15 is 0 Å². The number of thiophene rings is 1. The van der Waals surface area contributed by atoms with Crippen molar-refractivity contribution >= 4 is 27.1 Å². The summed E-state index contributed by atoms with van der Waals surface area (Å²) >= 11 is 1.17. The fraction of sp³-hybridized carbons (Fsp3) is 0.278. The fourth-order valence-electron chi connectivity index (χ4n) is 2.60. The molecule has 0 radical (unpaired) electrons. The molecule has 2 heterocycles. The molecule has 0 amide bonds. The van der Waals surface area contributed by atoms with Gasteiger partial charge in [-0.25, -0.2) is 27.3 Å². The normalized spacial score (nSPS) is 11.5. The van der Waals surface area contributed by atoms with E-state index in [0.29, 0.717) is 9.88 Å². The molecule has 0 unspecified atom stereocenters. The Balaban J connectivity index is 1.86. The van der Waals surface area contributed by atoms with Gasteiger partial charge in [0.1, 0.15) is 16.2 Å². The Bertz CT molecular complexity index is 1170. The Kier molecular flexibility index (Phi) is 5.52. The molecule has 3 rings (SSSR count). The maximum atomic E-state index is 12.7. The van der Waals surface area contributed by atoms with Crippen molar-refractivity contribution < 1.29 is 17.9 Å². The maximum Gasteiger partial charge on any atom is 0.351 e. The summed E-state index contributed by atoms with van der Waals surface area (Å²) < 4.78 is 30.7. The second-order valence-electron chi connectivity index (χ2n) is 6.17. The summed E-state index contributed by atoms with van der Waals surface area (Å²) in [6.07, 6.45) is 2.54. The Morgan fingerprint density at radius 1 is 1.25 bits per heavy atom. The second kappa shape index (κ2) is 7.72. The number of rotatable bonds is 6. The summed E-state index contributed by atoms with van der Waals surface area (Å²) in [5.74, 6) is -0.414. The lowest BCUT2D eigenvalue weighted by Crippen LogP contribution is -2.23. The topological polar surface area (TPSA) is 100 Å². The van der Waals surface area contributed by atoms with Crippen molar-refractivity contribution in [3.05, 3.63) is 63.1 Å². The molecule has 3 aromatic rings. The molecule has 0 fully saturated rings. The summed E-state index contributed by atoms with van der Waals surface area (Å²) in [6, 6.07) is 8.04. The van der Waals surface area contributed by atoms with E-state index in [0.717, 1.165) is 17.4 Å². The lowest BCUT2D eigenvalue weighted by Gasteiger charge is -2.02. The van der Waals surface area contributed by atoms with E-state index in [1.165, 1.54) is 39.0 Å². The molecule has 10 heteroatoms. The van der Waals surface area contributed by atoms with Crippen LogP contribution in [0, 0.1) is 6.92 Å². The molecule has 0 saturated carbocycles. The van der Waals surface area contributed by atoms with Crippen molar-refractivity contribution in [2.45, 2.75) is 25.3 Å². The van der Waals surface area contributed by atoms with Crippen LogP contribution in [0.1, 0.15) is 27.7 Å². The van der Waals surface area contributed by atoms with Crippen LogP contribution in [-0.2, 0) is 21.1 Å². The molecular weight excluding hydrogens is 402 g/mol. The number of hydrogen-bond acceptors (Lipinski definition) is 7. The molecule has 8 nitrogen and oxygen atoms in total. The van der Waals surface area contributed by atoms with E-state index in [-0.39, 0.29) is 23.7 Å². The zero-order valence-electron chi connectivity index (χ0n) is 15.6. The van der Waals surface area contributed by atoms with Crippen LogP contribution in [0.4, 0.5) is 0 Å². The molecule has 1 aromatic carbocycles. The first kappa shape index (κ1) is 20.0. The molecule has 0 spiro atoms. The van der Waals surface area contributed by atoms with Crippen LogP contribution < -0.4 is 5.69 Å². The largest absolute Gasteiger partial charge is 0.462 e. The quantitative estimate of drug-likeness (QED) is 0.565. The highest BCUT2D eigenvalue weighted by Crippen LogP contribution is 2.25. The molecule has 0 bridgehead atoms. The number of esters is 1.